The van der Waals surface area contributed by atoms with Crippen molar-refractivity contribution in [3.63, 3.8) is 0 Å². The van der Waals surface area contributed by atoms with E-state index in [2.05, 4.69) is 17.6 Å². The van der Waals surface area contributed by atoms with Crippen LogP contribution in [-0.2, 0) is 4.79 Å². The van der Waals surface area contributed by atoms with Crippen LogP contribution in [-0.4, -0.2) is 29.3 Å². The molecule has 19 heavy (non-hydrogen) atoms. The molecule has 0 heterocycles. The minimum atomic E-state index is -0.854. The van der Waals surface area contributed by atoms with Gasteiger partial charge in [0.2, 0.25) is 0 Å². The number of ether oxygens (including phenoxy) is 1. The molecule has 1 aromatic rings. The Morgan fingerprint density at radius 2 is 2.05 bits per heavy atom. The molecule has 0 saturated heterocycles. The lowest BCUT2D eigenvalue weighted by atomic mass is 10.3. The summed E-state index contributed by atoms with van der Waals surface area (Å²) in [5, 5.41) is 14.7. The van der Waals surface area contributed by atoms with Gasteiger partial charge in [0, 0.05) is 12.2 Å². The second-order valence-corrected chi connectivity index (χ2v) is 4.31. The number of benzene rings is 1. The molecule has 0 aliphatic rings. The number of anilines is 1. The minimum Gasteiger partial charge on any atom is -0.494 e. The minimum absolute atomic E-state index is 0.0333. The largest absolute Gasteiger partial charge is 0.494 e. The standard InChI is InChI=1S/C13H18N2O3S/c1-2-9-18-11-5-3-10(4-6-11)15-13(19)14-8-7-12(16)17/h3-6H,2,7-9H2,1H3,(H,16,17)(H2,14,15,19). The number of rotatable bonds is 7. The third kappa shape index (κ3) is 6.61. The number of carboxylic acid groups (broad SMARTS) is 1. The SMILES string of the molecule is CCCOc1ccc(NC(=S)NCCC(=O)O)cc1. The van der Waals surface area contributed by atoms with Gasteiger partial charge in [-0.3, -0.25) is 4.79 Å². The molecule has 0 bridgehead atoms. The molecule has 6 heteroatoms. The molecule has 0 saturated carbocycles. The lowest BCUT2D eigenvalue weighted by Crippen LogP contribution is -2.30. The van der Waals surface area contributed by atoms with Crippen molar-refractivity contribution in [3.8, 4) is 5.75 Å². The van der Waals surface area contributed by atoms with Crippen LogP contribution >= 0.6 is 12.2 Å². The molecule has 3 N–H and O–H groups in total. The summed E-state index contributed by atoms with van der Waals surface area (Å²) in [5.74, 6) is -0.0371. The van der Waals surface area contributed by atoms with Gasteiger partial charge < -0.3 is 20.5 Å². The Bertz CT molecular complexity index is 420. The van der Waals surface area contributed by atoms with E-state index in [0.29, 0.717) is 18.3 Å². The predicted octanol–water partition coefficient (Wildman–Crippen LogP) is 2.24. The first-order chi connectivity index (χ1) is 9.11. The molecular weight excluding hydrogens is 264 g/mol. The number of carbonyl (C=O) groups is 1. The zero-order valence-corrected chi connectivity index (χ0v) is 11.6. The van der Waals surface area contributed by atoms with E-state index >= 15 is 0 Å². The van der Waals surface area contributed by atoms with Crippen molar-refractivity contribution < 1.29 is 14.6 Å². The molecule has 0 unspecified atom stereocenters. The lowest BCUT2D eigenvalue weighted by molar-refractivity contribution is -0.136. The summed E-state index contributed by atoms with van der Waals surface area (Å²) in [6, 6.07) is 7.43. The average molecular weight is 282 g/mol. The molecule has 0 fully saturated rings. The Morgan fingerprint density at radius 3 is 2.63 bits per heavy atom. The van der Waals surface area contributed by atoms with Crippen LogP contribution in [0.5, 0.6) is 5.75 Å². The number of aliphatic carboxylic acids is 1. The van der Waals surface area contributed by atoms with Gasteiger partial charge in [0.1, 0.15) is 5.75 Å². The monoisotopic (exact) mass is 282 g/mol. The van der Waals surface area contributed by atoms with Gasteiger partial charge in [-0.05, 0) is 42.9 Å². The molecule has 0 radical (unpaired) electrons. The van der Waals surface area contributed by atoms with E-state index in [9.17, 15) is 4.79 Å². The topological polar surface area (TPSA) is 70.6 Å². The molecule has 1 rings (SSSR count). The fraction of sp³-hybridized carbons (Fsp3) is 0.385. The summed E-state index contributed by atoms with van der Waals surface area (Å²) < 4.78 is 5.46. The quantitative estimate of drug-likeness (QED) is 0.666. The summed E-state index contributed by atoms with van der Waals surface area (Å²) >= 11 is 5.04. The molecule has 0 atom stereocenters. The van der Waals surface area contributed by atoms with E-state index in [4.69, 9.17) is 22.1 Å². The first-order valence-electron chi connectivity index (χ1n) is 6.11. The smallest absolute Gasteiger partial charge is 0.305 e. The number of nitrogens with one attached hydrogen (secondary N) is 2. The molecule has 5 nitrogen and oxygen atoms in total. The molecule has 1 aromatic carbocycles. The average Bonchev–Trinajstić information content (AvgIpc) is 2.37. The van der Waals surface area contributed by atoms with Crippen molar-refractivity contribution >= 4 is 29.0 Å². The van der Waals surface area contributed by atoms with Crippen molar-refractivity contribution in [1.82, 2.24) is 5.32 Å². The van der Waals surface area contributed by atoms with Gasteiger partial charge in [-0.15, -0.1) is 0 Å². The Balaban J connectivity index is 2.35. The van der Waals surface area contributed by atoms with E-state index in [-0.39, 0.29) is 6.42 Å². The summed E-state index contributed by atoms with van der Waals surface area (Å²) in [6.07, 6.45) is 1.00. The number of carboxylic acids is 1. The maximum Gasteiger partial charge on any atom is 0.305 e. The summed E-state index contributed by atoms with van der Waals surface area (Å²) in [6.45, 7) is 3.05. The second-order valence-electron chi connectivity index (χ2n) is 3.90. The third-order valence-electron chi connectivity index (χ3n) is 2.21. The summed E-state index contributed by atoms with van der Waals surface area (Å²) in [5.41, 5.74) is 0.830. The normalized spacial score (nSPS) is 9.74. The van der Waals surface area contributed by atoms with Crippen LogP contribution in [0, 0.1) is 0 Å². The maximum absolute atomic E-state index is 10.3. The Hall–Kier alpha value is -1.82. The van der Waals surface area contributed by atoms with Crippen molar-refractivity contribution in [2.45, 2.75) is 19.8 Å². The van der Waals surface area contributed by atoms with Crippen LogP contribution in [0.25, 0.3) is 0 Å². The number of hydrogen-bond donors (Lipinski definition) is 3. The van der Waals surface area contributed by atoms with Crippen LogP contribution < -0.4 is 15.4 Å². The van der Waals surface area contributed by atoms with Crippen LogP contribution in [0.3, 0.4) is 0 Å². The van der Waals surface area contributed by atoms with E-state index < -0.39 is 5.97 Å². The second kappa shape index (κ2) is 8.31. The predicted molar refractivity (Wildman–Crippen MR) is 78.7 cm³/mol. The van der Waals surface area contributed by atoms with Crippen LogP contribution in [0.4, 0.5) is 5.69 Å². The molecule has 104 valence electrons. The van der Waals surface area contributed by atoms with Gasteiger partial charge in [-0.25, -0.2) is 0 Å². The third-order valence-corrected chi connectivity index (χ3v) is 2.46. The highest BCUT2D eigenvalue weighted by molar-refractivity contribution is 7.80. The molecule has 0 amide bonds. The van der Waals surface area contributed by atoms with Gasteiger partial charge in [0.05, 0.1) is 13.0 Å². The summed E-state index contributed by atoms with van der Waals surface area (Å²) in [7, 11) is 0. The summed E-state index contributed by atoms with van der Waals surface area (Å²) in [4.78, 5) is 10.3. The van der Waals surface area contributed by atoms with E-state index in [1.165, 1.54) is 0 Å². The van der Waals surface area contributed by atoms with Crippen LogP contribution in [0.1, 0.15) is 19.8 Å². The number of hydrogen-bond acceptors (Lipinski definition) is 3. The Kier molecular flexibility index (Phi) is 6.67. The van der Waals surface area contributed by atoms with Gasteiger partial charge in [-0.1, -0.05) is 6.92 Å². The van der Waals surface area contributed by atoms with Crippen molar-refractivity contribution in [2.24, 2.45) is 0 Å². The van der Waals surface area contributed by atoms with Gasteiger partial charge in [0.15, 0.2) is 5.11 Å². The van der Waals surface area contributed by atoms with E-state index in [1.807, 2.05) is 24.3 Å². The highest BCUT2D eigenvalue weighted by atomic mass is 32.1. The highest BCUT2D eigenvalue weighted by Gasteiger charge is 2.00. The molecule has 0 aromatic heterocycles. The van der Waals surface area contributed by atoms with E-state index in [0.717, 1.165) is 17.9 Å². The maximum atomic E-state index is 10.3. The molecule has 0 aliphatic heterocycles. The van der Waals surface area contributed by atoms with E-state index in [1.54, 1.807) is 0 Å². The fourth-order valence-electron chi connectivity index (χ4n) is 1.31. The number of thiocarbonyl (C=S) groups is 1. The first kappa shape index (κ1) is 15.2. The molecule has 0 aliphatic carbocycles. The van der Waals surface area contributed by atoms with Crippen LogP contribution in [0.15, 0.2) is 24.3 Å². The zero-order valence-electron chi connectivity index (χ0n) is 10.8. The zero-order chi connectivity index (χ0) is 14.1. The molecular formula is C13H18N2O3S. The van der Waals surface area contributed by atoms with Gasteiger partial charge >= 0.3 is 5.97 Å². The Labute approximate surface area is 118 Å². The van der Waals surface area contributed by atoms with Gasteiger partial charge in [-0.2, -0.15) is 0 Å². The Morgan fingerprint density at radius 1 is 1.37 bits per heavy atom. The van der Waals surface area contributed by atoms with Crippen molar-refractivity contribution in [2.75, 3.05) is 18.5 Å². The molecule has 0 spiro atoms. The van der Waals surface area contributed by atoms with Crippen LogP contribution in [0.2, 0.25) is 0 Å². The van der Waals surface area contributed by atoms with Crippen molar-refractivity contribution in [3.05, 3.63) is 24.3 Å². The lowest BCUT2D eigenvalue weighted by Gasteiger charge is -2.10. The first-order valence-corrected chi connectivity index (χ1v) is 6.52. The van der Waals surface area contributed by atoms with Crippen molar-refractivity contribution in [1.29, 1.82) is 0 Å². The van der Waals surface area contributed by atoms with Gasteiger partial charge in [0.25, 0.3) is 0 Å². The fourth-order valence-corrected chi connectivity index (χ4v) is 1.53. The highest BCUT2D eigenvalue weighted by Crippen LogP contribution is 2.15.